The Morgan fingerprint density at radius 3 is 2.90 bits per heavy atom. The van der Waals surface area contributed by atoms with Crippen LogP contribution >= 0.6 is 11.6 Å². The molecule has 20 heavy (non-hydrogen) atoms. The maximum atomic E-state index is 11.9. The number of hydrogen-bond acceptors (Lipinski definition) is 3. The first-order chi connectivity index (χ1) is 9.63. The number of aromatic nitrogens is 1. The number of benzene rings is 1. The Morgan fingerprint density at radius 1 is 1.40 bits per heavy atom. The van der Waals surface area contributed by atoms with E-state index in [1.54, 1.807) is 22.8 Å². The van der Waals surface area contributed by atoms with Gasteiger partial charge in [-0.25, -0.2) is 4.79 Å². The van der Waals surface area contributed by atoms with Gasteiger partial charge in [0.2, 0.25) is 0 Å². The number of oxazole rings is 1. The molecular weight excluding hydrogens is 276 g/mol. The van der Waals surface area contributed by atoms with Crippen molar-refractivity contribution >= 4 is 22.7 Å². The van der Waals surface area contributed by atoms with Crippen molar-refractivity contribution in [1.29, 1.82) is 0 Å². The van der Waals surface area contributed by atoms with Crippen LogP contribution in [0.4, 0.5) is 0 Å². The highest BCUT2D eigenvalue weighted by Gasteiger charge is 2.18. The second-order valence-corrected chi connectivity index (χ2v) is 6.18. The van der Waals surface area contributed by atoms with Crippen LogP contribution in [0.1, 0.15) is 25.7 Å². The molecule has 0 amide bonds. The van der Waals surface area contributed by atoms with E-state index in [2.05, 4.69) is 4.90 Å². The maximum Gasteiger partial charge on any atom is 0.421 e. The first kappa shape index (κ1) is 13.7. The molecular formula is C15H19ClN2O2. The number of fused-ring (bicyclic) bond motifs is 1. The van der Waals surface area contributed by atoms with Gasteiger partial charge < -0.3 is 4.42 Å². The Balaban J connectivity index is 1.80. The molecule has 0 spiro atoms. The largest absolute Gasteiger partial charge is 0.421 e. The van der Waals surface area contributed by atoms with Crippen LogP contribution < -0.4 is 5.76 Å². The van der Waals surface area contributed by atoms with E-state index in [1.807, 2.05) is 7.05 Å². The Kier molecular flexibility index (Phi) is 3.85. The summed E-state index contributed by atoms with van der Waals surface area (Å²) >= 11 is 6.00. The number of halogens is 1. The molecule has 2 aromatic rings. The van der Waals surface area contributed by atoms with E-state index in [-0.39, 0.29) is 5.76 Å². The van der Waals surface area contributed by atoms with Crippen molar-refractivity contribution < 1.29 is 4.42 Å². The highest BCUT2D eigenvalue weighted by Crippen LogP contribution is 2.25. The molecule has 1 aromatic heterocycles. The van der Waals surface area contributed by atoms with Gasteiger partial charge in [-0.15, -0.1) is 0 Å². The summed E-state index contributed by atoms with van der Waals surface area (Å²) in [5.74, 6) is 0.443. The van der Waals surface area contributed by atoms with Crippen LogP contribution in [0.5, 0.6) is 0 Å². The molecule has 4 nitrogen and oxygen atoms in total. The summed E-state index contributed by atoms with van der Waals surface area (Å²) in [6.45, 7) is 1.57. The molecule has 0 aliphatic heterocycles. The lowest BCUT2D eigenvalue weighted by Crippen LogP contribution is -2.30. The fourth-order valence-electron chi connectivity index (χ4n) is 3.10. The SMILES string of the molecule is CN(CC1CCCC1)Cn1c(=O)oc2ccc(Cl)cc21. The molecule has 0 unspecified atom stereocenters. The first-order valence-corrected chi connectivity index (χ1v) is 7.49. The average molecular weight is 295 g/mol. The predicted molar refractivity (Wildman–Crippen MR) is 80.1 cm³/mol. The topological polar surface area (TPSA) is 38.4 Å². The van der Waals surface area contributed by atoms with Crippen LogP contribution in [0.3, 0.4) is 0 Å². The standard InChI is InChI=1S/C15H19ClN2O2/c1-17(9-11-4-2-3-5-11)10-18-13-8-12(16)6-7-14(13)20-15(18)19/h6-8,11H,2-5,9-10H2,1H3. The number of rotatable bonds is 4. The molecule has 1 saturated carbocycles. The molecule has 0 bridgehead atoms. The van der Waals surface area contributed by atoms with Crippen molar-refractivity contribution in [3.05, 3.63) is 33.8 Å². The molecule has 0 radical (unpaired) electrons. The summed E-state index contributed by atoms with van der Waals surface area (Å²) in [4.78, 5) is 14.1. The highest BCUT2D eigenvalue weighted by atomic mass is 35.5. The van der Waals surface area contributed by atoms with Crippen LogP contribution in [0, 0.1) is 5.92 Å². The third kappa shape index (κ3) is 2.76. The van der Waals surface area contributed by atoms with Gasteiger partial charge in [-0.05, 0) is 44.0 Å². The third-order valence-corrected chi connectivity index (χ3v) is 4.29. The number of nitrogens with zero attached hydrogens (tertiary/aromatic N) is 2. The molecule has 5 heteroatoms. The molecule has 0 atom stereocenters. The molecule has 3 rings (SSSR count). The van der Waals surface area contributed by atoms with E-state index in [0.29, 0.717) is 17.3 Å². The van der Waals surface area contributed by atoms with Crippen LogP contribution in [-0.2, 0) is 6.67 Å². The normalized spacial score (nSPS) is 16.6. The Hall–Kier alpha value is -1.26. The molecule has 0 saturated heterocycles. The maximum absolute atomic E-state index is 11.9. The van der Waals surface area contributed by atoms with Gasteiger partial charge in [0.15, 0.2) is 5.58 Å². The second kappa shape index (κ2) is 5.62. The van der Waals surface area contributed by atoms with E-state index in [0.717, 1.165) is 18.0 Å². The molecule has 1 aliphatic rings. The highest BCUT2D eigenvalue weighted by molar-refractivity contribution is 6.31. The minimum absolute atomic E-state index is 0.319. The van der Waals surface area contributed by atoms with Gasteiger partial charge in [0.05, 0.1) is 12.2 Å². The molecule has 1 aliphatic carbocycles. The summed E-state index contributed by atoms with van der Waals surface area (Å²) in [6.07, 6.45) is 5.28. The summed E-state index contributed by atoms with van der Waals surface area (Å²) in [6, 6.07) is 5.26. The quantitative estimate of drug-likeness (QED) is 0.868. The fraction of sp³-hybridized carbons (Fsp3) is 0.533. The third-order valence-electron chi connectivity index (χ3n) is 4.06. The van der Waals surface area contributed by atoms with Crippen molar-refractivity contribution in [3.8, 4) is 0 Å². The van der Waals surface area contributed by atoms with Gasteiger partial charge in [0.25, 0.3) is 0 Å². The average Bonchev–Trinajstić information content (AvgIpc) is 3.00. The van der Waals surface area contributed by atoms with Gasteiger partial charge in [-0.2, -0.15) is 0 Å². The van der Waals surface area contributed by atoms with Crippen LogP contribution in [0.25, 0.3) is 11.1 Å². The Bertz CT molecular complexity index is 655. The smallest absolute Gasteiger partial charge is 0.408 e. The van der Waals surface area contributed by atoms with Crippen molar-refractivity contribution in [3.63, 3.8) is 0 Å². The predicted octanol–water partition coefficient (Wildman–Crippen LogP) is 3.33. The van der Waals surface area contributed by atoms with Crippen LogP contribution in [0.2, 0.25) is 5.02 Å². The zero-order chi connectivity index (χ0) is 14.1. The van der Waals surface area contributed by atoms with Gasteiger partial charge in [-0.3, -0.25) is 9.47 Å². The van der Waals surface area contributed by atoms with E-state index in [4.69, 9.17) is 16.0 Å². The Labute approximate surface area is 122 Å². The van der Waals surface area contributed by atoms with Crippen LogP contribution in [-0.4, -0.2) is 23.1 Å². The molecule has 1 heterocycles. The summed E-state index contributed by atoms with van der Waals surface area (Å²) in [7, 11) is 2.05. The van der Waals surface area contributed by atoms with Gasteiger partial charge >= 0.3 is 5.76 Å². The van der Waals surface area contributed by atoms with Crippen molar-refractivity contribution in [2.24, 2.45) is 5.92 Å². The van der Waals surface area contributed by atoms with Gasteiger partial charge in [0, 0.05) is 11.6 Å². The van der Waals surface area contributed by atoms with Crippen molar-refractivity contribution in [1.82, 2.24) is 9.47 Å². The lowest BCUT2D eigenvalue weighted by molar-refractivity contribution is 0.223. The molecule has 108 valence electrons. The molecule has 1 aromatic carbocycles. The molecule has 1 fully saturated rings. The lowest BCUT2D eigenvalue weighted by atomic mass is 10.1. The Morgan fingerprint density at radius 2 is 2.15 bits per heavy atom. The zero-order valence-electron chi connectivity index (χ0n) is 11.6. The summed E-state index contributed by atoms with van der Waals surface area (Å²) < 4.78 is 6.90. The monoisotopic (exact) mass is 294 g/mol. The van der Waals surface area contributed by atoms with E-state index in [1.165, 1.54) is 25.7 Å². The van der Waals surface area contributed by atoms with E-state index in [9.17, 15) is 4.79 Å². The molecule has 0 N–H and O–H groups in total. The first-order valence-electron chi connectivity index (χ1n) is 7.11. The van der Waals surface area contributed by atoms with Gasteiger partial charge in [0.1, 0.15) is 0 Å². The van der Waals surface area contributed by atoms with Gasteiger partial charge in [-0.1, -0.05) is 24.4 Å². The lowest BCUT2D eigenvalue weighted by Gasteiger charge is -2.20. The van der Waals surface area contributed by atoms with E-state index < -0.39 is 0 Å². The minimum Gasteiger partial charge on any atom is -0.408 e. The van der Waals surface area contributed by atoms with Crippen molar-refractivity contribution in [2.45, 2.75) is 32.4 Å². The minimum atomic E-state index is -0.319. The van der Waals surface area contributed by atoms with Crippen LogP contribution in [0.15, 0.2) is 27.4 Å². The second-order valence-electron chi connectivity index (χ2n) is 5.74. The zero-order valence-corrected chi connectivity index (χ0v) is 12.4. The van der Waals surface area contributed by atoms with E-state index >= 15 is 0 Å². The van der Waals surface area contributed by atoms with Crippen molar-refractivity contribution in [2.75, 3.05) is 13.6 Å². The number of hydrogen-bond donors (Lipinski definition) is 0. The summed E-state index contributed by atoms with van der Waals surface area (Å²) in [5.41, 5.74) is 1.36. The summed E-state index contributed by atoms with van der Waals surface area (Å²) in [5, 5.41) is 0.616. The fourth-order valence-corrected chi connectivity index (χ4v) is 3.27.